The molecule has 1 aromatic rings. The lowest BCUT2D eigenvalue weighted by molar-refractivity contribution is -0.0511. The Morgan fingerprint density at radius 1 is 1.44 bits per heavy atom. The SMILES string of the molecule is CCNc1nc(C)cc(NC2CC(O)C2(C)C)n1. The van der Waals surface area contributed by atoms with Crippen molar-refractivity contribution in [3.63, 3.8) is 0 Å². The molecular weight excluding hydrogens is 228 g/mol. The molecule has 1 saturated carbocycles. The van der Waals surface area contributed by atoms with Gasteiger partial charge in [-0.25, -0.2) is 4.98 Å². The molecule has 1 aromatic heterocycles. The summed E-state index contributed by atoms with van der Waals surface area (Å²) < 4.78 is 0. The predicted molar refractivity (Wildman–Crippen MR) is 72.7 cm³/mol. The van der Waals surface area contributed by atoms with Gasteiger partial charge in [0.2, 0.25) is 5.95 Å². The zero-order valence-electron chi connectivity index (χ0n) is 11.5. The number of aliphatic hydroxyl groups is 1. The van der Waals surface area contributed by atoms with Gasteiger partial charge in [-0.1, -0.05) is 13.8 Å². The summed E-state index contributed by atoms with van der Waals surface area (Å²) >= 11 is 0. The van der Waals surface area contributed by atoms with E-state index in [2.05, 4.69) is 34.4 Å². The summed E-state index contributed by atoms with van der Waals surface area (Å²) in [6.45, 7) is 8.91. The number of rotatable bonds is 4. The van der Waals surface area contributed by atoms with E-state index in [9.17, 15) is 5.11 Å². The smallest absolute Gasteiger partial charge is 0.224 e. The lowest BCUT2D eigenvalue weighted by atomic mass is 9.64. The Labute approximate surface area is 108 Å². The first kappa shape index (κ1) is 13.1. The van der Waals surface area contributed by atoms with E-state index in [1.54, 1.807) is 0 Å². The van der Waals surface area contributed by atoms with Crippen molar-refractivity contribution >= 4 is 11.8 Å². The first-order chi connectivity index (χ1) is 8.43. The van der Waals surface area contributed by atoms with Gasteiger partial charge < -0.3 is 15.7 Å². The molecule has 3 N–H and O–H groups in total. The van der Waals surface area contributed by atoms with Crippen LogP contribution in [-0.2, 0) is 0 Å². The summed E-state index contributed by atoms with van der Waals surface area (Å²) in [4.78, 5) is 8.74. The van der Waals surface area contributed by atoms with E-state index in [0.29, 0.717) is 5.95 Å². The molecule has 1 heterocycles. The maximum atomic E-state index is 9.73. The highest BCUT2D eigenvalue weighted by Crippen LogP contribution is 2.42. The van der Waals surface area contributed by atoms with Gasteiger partial charge in [0.25, 0.3) is 0 Å². The van der Waals surface area contributed by atoms with Crippen molar-refractivity contribution in [3.05, 3.63) is 11.8 Å². The molecule has 18 heavy (non-hydrogen) atoms. The van der Waals surface area contributed by atoms with Gasteiger partial charge in [-0.05, 0) is 20.3 Å². The second-order valence-corrected chi connectivity index (χ2v) is 5.52. The molecule has 2 rings (SSSR count). The summed E-state index contributed by atoms with van der Waals surface area (Å²) in [6.07, 6.45) is 0.540. The van der Waals surface area contributed by atoms with Crippen LogP contribution in [-0.4, -0.2) is 33.8 Å². The van der Waals surface area contributed by atoms with E-state index in [0.717, 1.165) is 24.5 Å². The lowest BCUT2D eigenvalue weighted by Gasteiger charge is -2.49. The molecule has 1 aliphatic rings. The molecule has 0 radical (unpaired) electrons. The van der Waals surface area contributed by atoms with Gasteiger partial charge in [-0.3, -0.25) is 0 Å². The van der Waals surface area contributed by atoms with Crippen LogP contribution in [0.2, 0.25) is 0 Å². The zero-order valence-corrected chi connectivity index (χ0v) is 11.5. The highest BCUT2D eigenvalue weighted by Gasteiger charge is 2.47. The number of hydrogen-bond donors (Lipinski definition) is 3. The van der Waals surface area contributed by atoms with Crippen molar-refractivity contribution < 1.29 is 5.11 Å². The van der Waals surface area contributed by atoms with E-state index in [1.807, 2.05) is 19.9 Å². The minimum Gasteiger partial charge on any atom is -0.392 e. The molecule has 0 saturated heterocycles. The van der Waals surface area contributed by atoms with E-state index in [-0.39, 0.29) is 17.6 Å². The van der Waals surface area contributed by atoms with Gasteiger partial charge in [0, 0.05) is 29.8 Å². The average Bonchev–Trinajstić information content (AvgIpc) is 2.28. The van der Waals surface area contributed by atoms with Crippen LogP contribution < -0.4 is 10.6 Å². The molecule has 0 aromatic carbocycles. The van der Waals surface area contributed by atoms with Crippen LogP contribution in [0.25, 0.3) is 0 Å². The Morgan fingerprint density at radius 3 is 2.72 bits per heavy atom. The third-order valence-corrected chi connectivity index (χ3v) is 3.73. The molecule has 2 atom stereocenters. The largest absolute Gasteiger partial charge is 0.392 e. The summed E-state index contributed by atoms with van der Waals surface area (Å²) in [5.41, 5.74) is 0.832. The Bertz CT molecular complexity index is 433. The van der Waals surface area contributed by atoms with Crippen LogP contribution in [0.5, 0.6) is 0 Å². The monoisotopic (exact) mass is 250 g/mol. The van der Waals surface area contributed by atoms with E-state index < -0.39 is 0 Å². The van der Waals surface area contributed by atoms with Crippen LogP contribution >= 0.6 is 0 Å². The van der Waals surface area contributed by atoms with Gasteiger partial charge in [0.1, 0.15) is 5.82 Å². The molecule has 0 aliphatic heterocycles. The number of hydrogen-bond acceptors (Lipinski definition) is 5. The Morgan fingerprint density at radius 2 is 2.17 bits per heavy atom. The average molecular weight is 250 g/mol. The van der Waals surface area contributed by atoms with E-state index in [1.165, 1.54) is 0 Å². The van der Waals surface area contributed by atoms with Crippen LogP contribution in [0.1, 0.15) is 32.9 Å². The van der Waals surface area contributed by atoms with Crippen LogP contribution in [0.4, 0.5) is 11.8 Å². The number of nitrogens with zero attached hydrogens (tertiary/aromatic N) is 2. The second kappa shape index (κ2) is 4.72. The first-order valence-corrected chi connectivity index (χ1v) is 6.47. The minimum absolute atomic E-state index is 0.1000. The van der Waals surface area contributed by atoms with Crippen molar-refractivity contribution in [1.82, 2.24) is 9.97 Å². The fraction of sp³-hybridized carbons (Fsp3) is 0.692. The highest BCUT2D eigenvalue weighted by molar-refractivity contribution is 5.44. The van der Waals surface area contributed by atoms with Crippen molar-refractivity contribution in [3.8, 4) is 0 Å². The van der Waals surface area contributed by atoms with Crippen molar-refractivity contribution in [2.24, 2.45) is 5.41 Å². The van der Waals surface area contributed by atoms with Gasteiger partial charge in [0.15, 0.2) is 0 Å². The van der Waals surface area contributed by atoms with Gasteiger partial charge >= 0.3 is 0 Å². The number of aliphatic hydroxyl groups excluding tert-OH is 1. The minimum atomic E-state index is -0.230. The third kappa shape index (κ3) is 2.41. The van der Waals surface area contributed by atoms with Crippen LogP contribution in [0.15, 0.2) is 6.07 Å². The molecule has 100 valence electrons. The number of aryl methyl sites for hydroxylation is 1. The van der Waals surface area contributed by atoms with Crippen LogP contribution in [0.3, 0.4) is 0 Å². The first-order valence-electron chi connectivity index (χ1n) is 6.47. The molecule has 0 amide bonds. The maximum Gasteiger partial charge on any atom is 0.224 e. The molecule has 5 heteroatoms. The van der Waals surface area contributed by atoms with Crippen LogP contribution in [0, 0.1) is 12.3 Å². The Kier molecular flexibility index (Phi) is 3.43. The standard InChI is InChI=1S/C13H22N4O/c1-5-14-12-15-8(2)6-11(17-12)16-9-7-10(18)13(9,3)4/h6,9-10,18H,5,7H2,1-4H3,(H2,14,15,16,17). The van der Waals surface area contributed by atoms with E-state index >= 15 is 0 Å². The predicted octanol–water partition coefficient (Wildman–Crippen LogP) is 1.79. The third-order valence-electron chi connectivity index (χ3n) is 3.73. The quantitative estimate of drug-likeness (QED) is 0.760. The maximum absolute atomic E-state index is 9.73. The molecule has 0 bridgehead atoms. The molecule has 1 aliphatic carbocycles. The lowest BCUT2D eigenvalue weighted by Crippen LogP contribution is -2.57. The van der Waals surface area contributed by atoms with E-state index in [4.69, 9.17) is 0 Å². The summed E-state index contributed by atoms with van der Waals surface area (Å²) in [5.74, 6) is 1.47. The number of anilines is 2. The van der Waals surface area contributed by atoms with Gasteiger partial charge in [-0.2, -0.15) is 4.98 Å². The molecule has 5 nitrogen and oxygen atoms in total. The second-order valence-electron chi connectivity index (χ2n) is 5.52. The van der Waals surface area contributed by atoms with Gasteiger partial charge in [0.05, 0.1) is 6.10 Å². The fourth-order valence-electron chi connectivity index (χ4n) is 2.21. The van der Waals surface area contributed by atoms with Crippen molar-refractivity contribution in [1.29, 1.82) is 0 Å². The fourth-order valence-corrected chi connectivity index (χ4v) is 2.21. The van der Waals surface area contributed by atoms with Crippen molar-refractivity contribution in [2.45, 2.75) is 46.3 Å². The topological polar surface area (TPSA) is 70.1 Å². The highest BCUT2D eigenvalue weighted by atomic mass is 16.3. The zero-order chi connectivity index (χ0) is 13.3. The van der Waals surface area contributed by atoms with Crippen molar-refractivity contribution in [2.75, 3.05) is 17.2 Å². The molecule has 2 unspecified atom stereocenters. The van der Waals surface area contributed by atoms with Gasteiger partial charge in [-0.15, -0.1) is 0 Å². The number of nitrogens with one attached hydrogen (secondary N) is 2. The number of aromatic nitrogens is 2. The molecule has 1 fully saturated rings. The normalized spacial score (nSPS) is 25.4. The summed E-state index contributed by atoms with van der Waals surface area (Å²) in [7, 11) is 0. The summed E-state index contributed by atoms with van der Waals surface area (Å²) in [6, 6.07) is 2.19. The molecular formula is C13H22N4O. The Balaban J connectivity index is 2.10. The molecule has 0 spiro atoms. The Hall–Kier alpha value is -1.36. The summed E-state index contributed by atoms with van der Waals surface area (Å²) in [5, 5.41) is 16.2.